The number of amides is 1. The molecule has 2 aromatic rings. The quantitative estimate of drug-likeness (QED) is 0.886. The van der Waals surface area contributed by atoms with Gasteiger partial charge in [-0.1, -0.05) is 11.6 Å². The molecule has 2 aromatic heterocycles. The van der Waals surface area contributed by atoms with Crippen LogP contribution < -0.4 is 11.1 Å². The van der Waals surface area contributed by atoms with Crippen LogP contribution in [-0.4, -0.2) is 20.7 Å². The van der Waals surface area contributed by atoms with E-state index in [1.54, 1.807) is 23.0 Å². The molecule has 0 aliphatic carbocycles. The summed E-state index contributed by atoms with van der Waals surface area (Å²) in [6.45, 7) is 2.55. The van der Waals surface area contributed by atoms with Crippen molar-refractivity contribution in [3.05, 3.63) is 35.2 Å². The van der Waals surface area contributed by atoms with Crippen molar-refractivity contribution in [3.8, 4) is 0 Å². The molecule has 7 heteroatoms. The molecule has 0 bridgehead atoms. The Morgan fingerprint density at radius 3 is 3.00 bits per heavy atom. The second-order valence-corrected chi connectivity index (χ2v) is 3.98. The van der Waals surface area contributed by atoms with Crippen LogP contribution in [0.1, 0.15) is 17.4 Å². The molecular formula is C11H12ClN5O. The molecule has 0 saturated heterocycles. The highest BCUT2D eigenvalue weighted by molar-refractivity contribution is 6.33. The highest BCUT2D eigenvalue weighted by atomic mass is 35.5. The zero-order valence-electron chi connectivity index (χ0n) is 9.72. The van der Waals surface area contributed by atoms with Crippen molar-refractivity contribution in [1.29, 1.82) is 0 Å². The van der Waals surface area contributed by atoms with Crippen molar-refractivity contribution in [2.24, 2.45) is 0 Å². The molecule has 0 aliphatic rings. The molecule has 18 heavy (non-hydrogen) atoms. The van der Waals surface area contributed by atoms with Gasteiger partial charge < -0.3 is 11.1 Å². The van der Waals surface area contributed by atoms with Gasteiger partial charge in [-0.05, 0) is 19.1 Å². The lowest BCUT2D eigenvalue weighted by Crippen LogP contribution is -2.15. The zero-order chi connectivity index (χ0) is 13.1. The van der Waals surface area contributed by atoms with Crippen LogP contribution in [0.4, 0.5) is 11.5 Å². The van der Waals surface area contributed by atoms with E-state index >= 15 is 0 Å². The van der Waals surface area contributed by atoms with E-state index in [1.807, 2.05) is 6.92 Å². The van der Waals surface area contributed by atoms with E-state index in [0.717, 1.165) is 0 Å². The van der Waals surface area contributed by atoms with E-state index in [1.165, 1.54) is 6.20 Å². The number of carbonyl (C=O) groups is 1. The Morgan fingerprint density at radius 1 is 1.61 bits per heavy atom. The van der Waals surface area contributed by atoms with Crippen molar-refractivity contribution in [2.45, 2.75) is 13.5 Å². The fourth-order valence-corrected chi connectivity index (χ4v) is 1.59. The summed E-state index contributed by atoms with van der Waals surface area (Å²) in [4.78, 5) is 15.9. The SMILES string of the molecule is CCn1cc(N)c(C(=O)Nc2ncccc2Cl)n1. The van der Waals surface area contributed by atoms with Crippen molar-refractivity contribution < 1.29 is 4.79 Å². The summed E-state index contributed by atoms with van der Waals surface area (Å²) >= 11 is 5.89. The molecule has 0 radical (unpaired) electrons. The van der Waals surface area contributed by atoms with E-state index in [4.69, 9.17) is 17.3 Å². The first kappa shape index (κ1) is 12.4. The van der Waals surface area contributed by atoms with Crippen LogP contribution in [0.2, 0.25) is 5.02 Å². The predicted molar refractivity (Wildman–Crippen MR) is 69.5 cm³/mol. The number of nitrogens with one attached hydrogen (secondary N) is 1. The topological polar surface area (TPSA) is 85.8 Å². The zero-order valence-corrected chi connectivity index (χ0v) is 10.5. The fourth-order valence-electron chi connectivity index (χ4n) is 1.42. The molecule has 3 N–H and O–H groups in total. The number of nitrogens with two attached hydrogens (primary N) is 1. The third kappa shape index (κ3) is 2.43. The van der Waals surface area contributed by atoms with Gasteiger partial charge in [0.15, 0.2) is 11.5 Å². The van der Waals surface area contributed by atoms with Crippen LogP contribution in [-0.2, 0) is 6.54 Å². The molecular weight excluding hydrogens is 254 g/mol. The van der Waals surface area contributed by atoms with Crippen molar-refractivity contribution in [3.63, 3.8) is 0 Å². The monoisotopic (exact) mass is 265 g/mol. The van der Waals surface area contributed by atoms with Gasteiger partial charge in [-0.15, -0.1) is 0 Å². The van der Waals surface area contributed by atoms with Crippen LogP contribution in [0.3, 0.4) is 0 Å². The number of halogens is 1. The summed E-state index contributed by atoms with van der Waals surface area (Å²) < 4.78 is 1.59. The number of aryl methyl sites for hydroxylation is 1. The lowest BCUT2D eigenvalue weighted by Gasteiger charge is -2.04. The molecule has 2 rings (SSSR count). The van der Waals surface area contributed by atoms with Gasteiger partial charge in [-0.3, -0.25) is 9.48 Å². The molecule has 6 nitrogen and oxygen atoms in total. The molecule has 0 aromatic carbocycles. The van der Waals surface area contributed by atoms with Crippen LogP contribution in [0.5, 0.6) is 0 Å². The standard InChI is InChI=1S/C11H12ClN5O/c1-2-17-6-8(13)9(16-17)11(18)15-10-7(12)4-3-5-14-10/h3-6H,2,13H2,1H3,(H,14,15,18). The molecule has 1 amide bonds. The minimum Gasteiger partial charge on any atom is -0.396 e. The van der Waals surface area contributed by atoms with Crippen molar-refractivity contribution >= 4 is 29.0 Å². The van der Waals surface area contributed by atoms with E-state index in [9.17, 15) is 4.79 Å². The largest absolute Gasteiger partial charge is 0.396 e. The van der Waals surface area contributed by atoms with Crippen LogP contribution in [0.25, 0.3) is 0 Å². The number of rotatable bonds is 3. The number of carbonyl (C=O) groups excluding carboxylic acids is 1. The summed E-state index contributed by atoms with van der Waals surface area (Å²) in [5.74, 6) is -0.144. The van der Waals surface area contributed by atoms with Crippen molar-refractivity contribution in [2.75, 3.05) is 11.1 Å². The average Bonchev–Trinajstić information content (AvgIpc) is 2.73. The summed E-state index contributed by atoms with van der Waals surface area (Å²) in [5.41, 5.74) is 6.20. The average molecular weight is 266 g/mol. The van der Waals surface area contributed by atoms with E-state index < -0.39 is 5.91 Å². The summed E-state index contributed by atoms with van der Waals surface area (Å²) in [6.07, 6.45) is 3.14. The normalized spacial score (nSPS) is 10.3. The smallest absolute Gasteiger partial charge is 0.279 e. The number of pyridine rings is 1. The molecule has 0 unspecified atom stereocenters. The minimum atomic E-state index is -0.430. The second-order valence-electron chi connectivity index (χ2n) is 3.58. The third-order valence-electron chi connectivity index (χ3n) is 2.32. The number of hydrogen-bond acceptors (Lipinski definition) is 4. The minimum absolute atomic E-state index is 0.165. The van der Waals surface area contributed by atoms with Crippen LogP contribution in [0, 0.1) is 0 Å². The summed E-state index contributed by atoms with van der Waals surface area (Å²) in [7, 11) is 0. The Hall–Kier alpha value is -2.08. The Kier molecular flexibility index (Phi) is 3.47. The highest BCUT2D eigenvalue weighted by Crippen LogP contribution is 2.19. The Labute approximate surface area is 109 Å². The fraction of sp³-hybridized carbons (Fsp3) is 0.182. The van der Waals surface area contributed by atoms with Gasteiger partial charge in [0, 0.05) is 18.9 Å². The summed E-state index contributed by atoms with van der Waals surface area (Å²) in [6, 6.07) is 3.32. The maximum atomic E-state index is 12.0. The molecule has 0 fully saturated rings. The van der Waals surface area contributed by atoms with Gasteiger partial charge in [0.2, 0.25) is 0 Å². The van der Waals surface area contributed by atoms with Crippen LogP contribution >= 0.6 is 11.6 Å². The molecule has 0 saturated carbocycles. The summed E-state index contributed by atoms with van der Waals surface area (Å²) in [5, 5.41) is 6.99. The van der Waals surface area contributed by atoms with Gasteiger partial charge in [0.25, 0.3) is 5.91 Å². The molecule has 0 atom stereocenters. The lowest BCUT2D eigenvalue weighted by molar-refractivity contribution is 0.102. The number of hydrogen-bond donors (Lipinski definition) is 2. The highest BCUT2D eigenvalue weighted by Gasteiger charge is 2.16. The third-order valence-corrected chi connectivity index (χ3v) is 2.62. The van der Waals surface area contributed by atoms with E-state index in [2.05, 4.69) is 15.4 Å². The Balaban J connectivity index is 2.22. The first-order valence-electron chi connectivity index (χ1n) is 5.36. The predicted octanol–water partition coefficient (Wildman–Crippen LogP) is 1.79. The number of anilines is 2. The van der Waals surface area contributed by atoms with Gasteiger partial charge in [-0.25, -0.2) is 4.98 Å². The van der Waals surface area contributed by atoms with E-state index in [0.29, 0.717) is 17.3 Å². The lowest BCUT2D eigenvalue weighted by atomic mass is 10.3. The van der Waals surface area contributed by atoms with Crippen LogP contribution in [0.15, 0.2) is 24.5 Å². The first-order chi connectivity index (χ1) is 8.61. The van der Waals surface area contributed by atoms with E-state index in [-0.39, 0.29) is 11.5 Å². The maximum absolute atomic E-state index is 12.0. The van der Waals surface area contributed by atoms with Crippen molar-refractivity contribution in [1.82, 2.24) is 14.8 Å². The maximum Gasteiger partial charge on any atom is 0.279 e. The number of nitrogen functional groups attached to an aromatic ring is 1. The second kappa shape index (κ2) is 5.05. The van der Waals surface area contributed by atoms with Gasteiger partial charge in [-0.2, -0.15) is 5.10 Å². The van der Waals surface area contributed by atoms with Gasteiger partial charge >= 0.3 is 0 Å². The molecule has 0 aliphatic heterocycles. The molecule has 0 spiro atoms. The van der Waals surface area contributed by atoms with Gasteiger partial charge in [0.05, 0.1) is 10.7 Å². The number of nitrogens with zero attached hydrogens (tertiary/aromatic N) is 3. The van der Waals surface area contributed by atoms with Gasteiger partial charge in [0.1, 0.15) is 0 Å². The Bertz CT molecular complexity index is 581. The molecule has 2 heterocycles. The number of aromatic nitrogens is 3. The first-order valence-corrected chi connectivity index (χ1v) is 5.74. The molecule has 94 valence electrons. The Morgan fingerprint density at radius 2 is 2.39 bits per heavy atom.